The zero-order chi connectivity index (χ0) is 14.1. The molecule has 0 radical (unpaired) electrons. The van der Waals surface area contributed by atoms with Gasteiger partial charge in [-0.15, -0.1) is 0 Å². The number of hydrogen-bond donors (Lipinski definition) is 2. The second-order valence-electron chi connectivity index (χ2n) is 6.08. The van der Waals surface area contributed by atoms with Crippen LogP contribution in [0.2, 0.25) is 0 Å². The van der Waals surface area contributed by atoms with E-state index in [1.165, 1.54) is 43.9 Å². The third-order valence-corrected chi connectivity index (χ3v) is 4.44. The molecule has 2 fully saturated rings. The van der Waals surface area contributed by atoms with E-state index in [-0.39, 0.29) is 11.4 Å². The van der Waals surface area contributed by atoms with E-state index >= 15 is 0 Å². The highest BCUT2D eigenvalue weighted by Crippen LogP contribution is 2.48. The van der Waals surface area contributed by atoms with Gasteiger partial charge in [0.25, 0.3) is 0 Å². The van der Waals surface area contributed by atoms with Gasteiger partial charge in [-0.3, -0.25) is 0 Å². The largest absolute Gasteiger partial charge is 0.478 e. The highest BCUT2D eigenvalue weighted by Gasteiger charge is 2.40. The van der Waals surface area contributed by atoms with E-state index in [0.717, 1.165) is 24.3 Å². The second kappa shape index (κ2) is 5.52. The molecule has 2 N–H and O–H groups in total. The molecule has 0 amide bonds. The lowest BCUT2D eigenvalue weighted by atomic mass is 9.98. The minimum Gasteiger partial charge on any atom is -0.478 e. The minimum absolute atomic E-state index is 0.143. The summed E-state index contributed by atoms with van der Waals surface area (Å²) in [5.41, 5.74) is 0.583. The summed E-state index contributed by atoms with van der Waals surface area (Å²) < 4.78 is 13.7. The molecular formula is C16H20FNO2. The van der Waals surface area contributed by atoms with Crippen LogP contribution in [0.15, 0.2) is 18.2 Å². The number of carboxylic acid groups (broad SMARTS) is 1. The number of benzene rings is 1. The van der Waals surface area contributed by atoms with Crippen molar-refractivity contribution in [1.29, 1.82) is 0 Å². The van der Waals surface area contributed by atoms with Crippen LogP contribution >= 0.6 is 0 Å². The van der Waals surface area contributed by atoms with Gasteiger partial charge in [0.05, 0.1) is 5.56 Å². The van der Waals surface area contributed by atoms with Crippen LogP contribution < -0.4 is 5.32 Å². The van der Waals surface area contributed by atoms with Crippen molar-refractivity contribution in [2.45, 2.75) is 32.2 Å². The molecule has 2 saturated carbocycles. The van der Waals surface area contributed by atoms with Gasteiger partial charge in [0, 0.05) is 12.1 Å². The zero-order valence-corrected chi connectivity index (χ0v) is 11.4. The number of nitrogens with one attached hydrogen (secondary N) is 1. The van der Waals surface area contributed by atoms with Crippen molar-refractivity contribution in [2.75, 3.05) is 6.54 Å². The molecule has 1 aromatic carbocycles. The van der Waals surface area contributed by atoms with Gasteiger partial charge < -0.3 is 10.4 Å². The second-order valence-corrected chi connectivity index (χ2v) is 6.08. The van der Waals surface area contributed by atoms with Crippen LogP contribution in [0.1, 0.15) is 41.6 Å². The average molecular weight is 277 g/mol. The minimum atomic E-state index is -1.01. The molecule has 108 valence electrons. The number of aromatic carboxylic acids is 1. The standard InChI is InChI=1S/C16H20FNO2/c17-15-6-5-12(16(19)20)7-13(15)8-18-9-14(10-1-2-10)11-3-4-11/h5-7,10-11,14,18H,1-4,8-9H2,(H,19,20). The summed E-state index contributed by atoms with van der Waals surface area (Å²) in [5, 5.41) is 12.3. The van der Waals surface area contributed by atoms with Gasteiger partial charge in [-0.25, -0.2) is 9.18 Å². The number of carbonyl (C=O) groups is 1. The highest BCUT2D eigenvalue weighted by molar-refractivity contribution is 5.87. The van der Waals surface area contributed by atoms with Gasteiger partial charge in [0.15, 0.2) is 0 Å². The van der Waals surface area contributed by atoms with Crippen LogP contribution in [0.3, 0.4) is 0 Å². The van der Waals surface area contributed by atoms with E-state index in [1.807, 2.05) is 0 Å². The molecule has 0 aromatic heterocycles. The normalized spacial score (nSPS) is 18.5. The lowest BCUT2D eigenvalue weighted by Crippen LogP contribution is -2.25. The Balaban J connectivity index is 1.57. The Morgan fingerprint density at radius 2 is 1.95 bits per heavy atom. The first-order valence-corrected chi connectivity index (χ1v) is 7.37. The molecule has 0 atom stereocenters. The van der Waals surface area contributed by atoms with Crippen LogP contribution in [-0.2, 0) is 6.54 Å². The molecule has 0 spiro atoms. The molecule has 0 heterocycles. The number of hydrogen-bond acceptors (Lipinski definition) is 2. The summed E-state index contributed by atoms with van der Waals surface area (Å²) in [5.74, 6) is 1.12. The lowest BCUT2D eigenvalue weighted by Gasteiger charge is -2.16. The molecule has 0 bridgehead atoms. The molecule has 3 nitrogen and oxygen atoms in total. The third kappa shape index (κ3) is 3.18. The van der Waals surface area contributed by atoms with Gasteiger partial charge in [0.2, 0.25) is 0 Å². The average Bonchev–Trinajstić information content (AvgIpc) is 3.27. The van der Waals surface area contributed by atoms with Crippen LogP contribution in [0.4, 0.5) is 4.39 Å². The summed E-state index contributed by atoms with van der Waals surface area (Å²) in [6.07, 6.45) is 5.36. The van der Waals surface area contributed by atoms with Crippen molar-refractivity contribution < 1.29 is 14.3 Å². The molecule has 4 heteroatoms. The van der Waals surface area contributed by atoms with Crippen molar-refractivity contribution in [1.82, 2.24) is 5.32 Å². The van der Waals surface area contributed by atoms with Gasteiger partial charge in [-0.1, -0.05) is 0 Å². The lowest BCUT2D eigenvalue weighted by molar-refractivity contribution is 0.0696. The predicted octanol–water partition coefficient (Wildman–Crippen LogP) is 3.05. The van der Waals surface area contributed by atoms with Crippen LogP contribution in [-0.4, -0.2) is 17.6 Å². The Kier molecular flexibility index (Phi) is 3.74. The van der Waals surface area contributed by atoms with Crippen LogP contribution in [0.25, 0.3) is 0 Å². The van der Waals surface area contributed by atoms with E-state index in [4.69, 9.17) is 5.11 Å². The predicted molar refractivity (Wildman–Crippen MR) is 74.0 cm³/mol. The monoisotopic (exact) mass is 277 g/mol. The Morgan fingerprint density at radius 3 is 2.50 bits per heavy atom. The summed E-state index contributed by atoms with van der Waals surface area (Å²) in [4.78, 5) is 10.9. The van der Waals surface area contributed by atoms with Crippen molar-refractivity contribution in [3.63, 3.8) is 0 Å². The molecule has 20 heavy (non-hydrogen) atoms. The first-order valence-electron chi connectivity index (χ1n) is 7.37. The maximum atomic E-state index is 13.7. The zero-order valence-electron chi connectivity index (χ0n) is 11.4. The van der Waals surface area contributed by atoms with E-state index < -0.39 is 5.97 Å². The number of halogens is 1. The Hall–Kier alpha value is -1.42. The van der Waals surface area contributed by atoms with E-state index in [0.29, 0.717) is 12.1 Å². The molecule has 1 aromatic rings. The van der Waals surface area contributed by atoms with Crippen molar-refractivity contribution in [2.24, 2.45) is 17.8 Å². The Labute approximate surface area is 118 Å². The topological polar surface area (TPSA) is 49.3 Å². The molecule has 2 aliphatic rings. The number of rotatable bonds is 7. The maximum Gasteiger partial charge on any atom is 0.335 e. The van der Waals surface area contributed by atoms with Crippen LogP contribution in [0, 0.1) is 23.6 Å². The van der Waals surface area contributed by atoms with Crippen molar-refractivity contribution in [3.8, 4) is 0 Å². The fraction of sp³-hybridized carbons (Fsp3) is 0.562. The molecule has 0 aliphatic heterocycles. The molecule has 0 unspecified atom stereocenters. The molecular weight excluding hydrogens is 257 g/mol. The summed E-state index contributed by atoms with van der Waals surface area (Å²) >= 11 is 0. The Bertz CT molecular complexity index is 497. The molecule has 3 rings (SSSR count). The highest BCUT2D eigenvalue weighted by atomic mass is 19.1. The SMILES string of the molecule is O=C(O)c1ccc(F)c(CNCC(C2CC2)C2CC2)c1. The molecule has 2 aliphatic carbocycles. The van der Waals surface area contributed by atoms with Crippen molar-refractivity contribution in [3.05, 3.63) is 35.1 Å². The quantitative estimate of drug-likeness (QED) is 0.805. The van der Waals surface area contributed by atoms with Gasteiger partial charge in [0.1, 0.15) is 5.82 Å². The summed E-state index contributed by atoms with van der Waals surface area (Å²) in [6.45, 7) is 1.33. The number of carboxylic acids is 1. The van der Waals surface area contributed by atoms with Gasteiger partial charge in [-0.2, -0.15) is 0 Å². The maximum absolute atomic E-state index is 13.7. The van der Waals surface area contributed by atoms with Gasteiger partial charge >= 0.3 is 5.97 Å². The smallest absolute Gasteiger partial charge is 0.335 e. The fourth-order valence-electron chi connectivity index (χ4n) is 2.98. The van der Waals surface area contributed by atoms with E-state index in [1.54, 1.807) is 0 Å². The van der Waals surface area contributed by atoms with Crippen LogP contribution in [0.5, 0.6) is 0 Å². The Morgan fingerprint density at radius 1 is 1.30 bits per heavy atom. The van der Waals surface area contributed by atoms with E-state index in [2.05, 4.69) is 5.32 Å². The summed E-state index contributed by atoms with van der Waals surface area (Å²) in [7, 11) is 0. The molecule has 0 saturated heterocycles. The fourth-order valence-corrected chi connectivity index (χ4v) is 2.98. The van der Waals surface area contributed by atoms with Crippen molar-refractivity contribution >= 4 is 5.97 Å². The van der Waals surface area contributed by atoms with Gasteiger partial charge in [-0.05, 0) is 68.2 Å². The first kappa shape index (κ1) is 13.6. The summed E-state index contributed by atoms with van der Waals surface area (Å²) in [6, 6.07) is 3.96. The third-order valence-electron chi connectivity index (χ3n) is 4.44. The van der Waals surface area contributed by atoms with E-state index in [9.17, 15) is 9.18 Å². The first-order chi connectivity index (χ1) is 9.65.